The molecule has 0 radical (unpaired) electrons. The van der Waals surface area contributed by atoms with E-state index in [-0.39, 0.29) is 81.4 Å². The number of fused-ring (bicyclic) bond motifs is 6. The molecule has 4 aliphatic heterocycles. The summed E-state index contributed by atoms with van der Waals surface area (Å²) in [5, 5.41) is 31.3. The first-order valence-electron chi connectivity index (χ1n) is 20.2. The number of Topliss-reactive ketones (excluding diaryl/α,β-unsaturated/α-hetero) is 1. The smallest absolute Gasteiger partial charge is 0.550 e. The van der Waals surface area contributed by atoms with E-state index in [0.29, 0.717) is 27.8 Å². The average Bonchev–Trinajstić information content (AvgIpc) is 3.59. The zero-order valence-corrected chi connectivity index (χ0v) is 43.5. The number of benzene rings is 2. The number of rotatable bonds is 5. The minimum atomic E-state index is -3.73. The zero-order chi connectivity index (χ0) is 47.7. The SMILES string of the molecule is CC(=O)O.CC(=O)[O-].CC(C)(C)NNCl.CC(C)(C)n1ncc2c1CC1CCCC2N1S(=O)(=O)c1ccc(Cl)cc1.O=C1CC2CCCC(/C1=C/O)N2S(=O)(=O)c1ccc(Cl)cc1.[Na+]. The average molecular weight is 1000 g/mol. The number of halogens is 3. The van der Waals surface area contributed by atoms with Gasteiger partial charge in [0.1, 0.15) is 0 Å². The maximum atomic E-state index is 13.4. The summed E-state index contributed by atoms with van der Waals surface area (Å²) >= 11 is 16.9. The van der Waals surface area contributed by atoms with Crippen molar-refractivity contribution in [2.24, 2.45) is 0 Å². The van der Waals surface area contributed by atoms with Crippen molar-refractivity contribution in [3.63, 3.8) is 0 Å². The van der Waals surface area contributed by atoms with Crippen molar-refractivity contribution < 1.29 is 76.1 Å². The number of aliphatic hydroxyl groups is 1. The first-order chi connectivity index (χ1) is 29.2. The molecule has 22 heteroatoms. The molecule has 2 aromatic carbocycles. The van der Waals surface area contributed by atoms with Crippen LogP contribution in [0.2, 0.25) is 10.0 Å². The molecule has 350 valence electrons. The summed E-state index contributed by atoms with van der Waals surface area (Å²) in [7, 11) is -7.30. The van der Waals surface area contributed by atoms with Crippen LogP contribution >= 0.6 is 35.0 Å². The Morgan fingerprint density at radius 3 is 1.58 bits per heavy atom. The predicted octanol–water partition coefficient (Wildman–Crippen LogP) is 3.68. The van der Waals surface area contributed by atoms with E-state index in [1.165, 1.54) is 34.3 Å². The van der Waals surface area contributed by atoms with Gasteiger partial charge in [0, 0.05) is 70.2 Å². The fraction of sp³-hybridized carbons (Fsp3) is 0.524. The number of ketones is 1. The van der Waals surface area contributed by atoms with Crippen molar-refractivity contribution in [2.75, 3.05) is 0 Å². The number of carbonyl (C=O) groups is 3. The molecule has 1 aromatic heterocycles. The molecule has 3 aromatic rings. The molecule has 4 unspecified atom stereocenters. The topological polar surface area (TPSA) is 231 Å². The quantitative estimate of drug-likeness (QED) is 0.0942. The second-order valence-corrected chi connectivity index (χ2v) is 22.1. The van der Waals surface area contributed by atoms with E-state index < -0.39 is 38.0 Å². The third-order valence-corrected chi connectivity index (χ3v) is 14.7. The Labute approximate surface area is 414 Å². The molecule has 4 atom stereocenters. The van der Waals surface area contributed by atoms with Crippen molar-refractivity contribution in [3.05, 3.63) is 87.9 Å². The van der Waals surface area contributed by atoms with Gasteiger partial charge in [-0.05, 0) is 147 Å². The number of aliphatic carboxylic acids is 2. The zero-order valence-electron chi connectivity index (χ0n) is 37.6. The van der Waals surface area contributed by atoms with Crippen LogP contribution in [0.1, 0.15) is 118 Å². The molecule has 0 spiro atoms. The summed E-state index contributed by atoms with van der Waals surface area (Å²) in [5.74, 6) is -2.08. The number of piperidine rings is 3. The Balaban J connectivity index is 0.000000334. The van der Waals surface area contributed by atoms with Gasteiger partial charge in [-0.15, -0.1) is 0 Å². The van der Waals surface area contributed by atoms with Crippen LogP contribution in [0, 0.1) is 0 Å². The van der Waals surface area contributed by atoms with Crippen LogP contribution < -0.4 is 45.0 Å². The van der Waals surface area contributed by atoms with Gasteiger partial charge >= 0.3 is 29.6 Å². The Kier molecular flexibility index (Phi) is 22.0. The standard InChI is InChI=1S/C19H24ClN3O2S.C15H16ClNO4S.C4H11ClN2.2C2H4O2.Na/c1-19(2,3)23-18-11-14-5-4-6-17(16(18)12-21-23)22(14)26(24,25)15-9-7-13(20)8-10-15;16-10-4-6-12(7-5-10)22(20,21)17-11-2-1-3-14(17)13(9-18)15(19)8-11;1-4(2,3)6-7-5;2*1-2(3)4;/h7-10,12,14,17H,4-6,11H2,1-3H3;4-7,9,11,14,18H,1-3,8H2;6-7H,1-3H3;2*1H3,(H,3,4);/q;;;;;+1/p-1/b;13-9-;;;;. The van der Waals surface area contributed by atoms with Crippen LogP contribution in [-0.2, 0) is 46.4 Å². The van der Waals surface area contributed by atoms with Gasteiger partial charge in [0.2, 0.25) is 20.0 Å². The number of hydrogen-bond acceptors (Lipinski definition) is 12. The molecular weight excluding hydrogens is 942 g/mol. The van der Waals surface area contributed by atoms with Gasteiger partial charge in [0.25, 0.3) is 5.97 Å². The number of nitrogens with zero attached hydrogens (tertiary/aromatic N) is 4. The van der Waals surface area contributed by atoms with Crippen molar-refractivity contribution in [1.29, 1.82) is 0 Å². The number of carboxylic acid groups (broad SMARTS) is 2. The molecule has 16 nitrogen and oxygen atoms in total. The van der Waals surface area contributed by atoms with Gasteiger partial charge in [-0.1, -0.05) is 23.2 Å². The monoisotopic (exact) mass is 998 g/mol. The molecule has 5 heterocycles. The first-order valence-corrected chi connectivity index (χ1v) is 24.2. The first kappa shape index (κ1) is 57.5. The summed E-state index contributed by atoms with van der Waals surface area (Å²) in [5.41, 5.74) is 5.19. The van der Waals surface area contributed by atoms with Crippen LogP contribution in [0.3, 0.4) is 0 Å². The number of nitrogens with one attached hydrogen (secondary N) is 2. The normalized spacial score (nSPS) is 21.4. The fourth-order valence-corrected chi connectivity index (χ4v) is 12.0. The van der Waals surface area contributed by atoms with Crippen LogP contribution in [0.4, 0.5) is 0 Å². The van der Waals surface area contributed by atoms with E-state index in [1.54, 1.807) is 28.6 Å². The van der Waals surface area contributed by atoms with Crippen LogP contribution in [-0.4, -0.2) is 86.8 Å². The predicted molar refractivity (Wildman–Crippen MR) is 240 cm³/mol. The van der Waals surface area contributed by atoms with Gasteiger partial charge < -0.3 is 20.1 Å². The summed E-state index contributed by atoms with van der Waals surface area (Å²) < 4.78 is 57.8. The number of aliphatic hydroxyl groups excluding tert-OH is 1. The number of carbonyl (C=O) groups excluding carboxylic acids is 2. The van der Waals surface area contributed by atoms with Crippen molar-refractivity contribution in [2.45, 2.75) is 152 Å². The molecule has 4 bridgehead atoms. The van der Waals surface area contributed by atoms with E-state index >= 15 is 0 Å². The summed E-state index contributed by atoms with van der Waals surface area (Å²) in [6.07, 6.45) is 8.29. The van der Waals surface area contributed by atoms with Gasteiger partial charge in [-0.3, -0.25) is 14.3 Å². The van der Waals surface area contributed by atoms with E-state index in [2.05, 4.69) is 40.9 Å². The Morgan fingerprint density at radius 1 is 0.797 bits per heavy atom. The number of carboxylic acids is 2. The molecule has 0 amide bonds. The number of hydrogen-bond donors (Lipinski definition) is 4. The second kappa shape index (κ2) is 24.4. The Morgan fingerprint density at radius 2 is 1.20 bits per heavy atom. The maximum absolute atomic E-state index is 13.4. The van der Waals surface area contributed by atoms with E-state index in [0.717, 1.165) is 57.8 Å². The molecule has 3 fully saturated rings. The third kappa shape index (κ3) is 15.5. The van der Waals surface area contributed by atoms with Crippen molar-refractivity contribution in [3.8, 4) is 0 Å². The van der Waals surface area contributed by atoms with Crippen molar-refractivity contribution in [1.82, 2.24) is 28.8 Å². The number of sulfonamides is 2. The molecular formula is C42H58Cl3N6NaO10S2. The Bertz CT molecular complexity index is 2280. The molecule has 64 heavy (non-hydrogen) atoms. The Hall–Kier alpha value is -2.59. The van der Waals surface area contributed by atoms with Gasteiger partial charge in [0.05, 0.1) is 39.9 Å². The minimum Gasteiger partial charge on any atom is -0.550 e. The van der Waals surface area contributed by atoms with E-state index in [4.69, 9.17) is 54.8 Å². The van der Waals surface area contributed by atoms with Gasteiger partial charge in [-0.25, -0.2) is 22.3 Å². The third-order valence-electron chi connectivity index (χ3n) is 10.1. The van der Waals surface area contributed by atoms with Gasteiger partial charge in [-0.2, -0.15) is 18.7 Å². The largest absolute Gasteiger partial charge is 1.00 e. The maximum Gasteiger partial charge on any atom is 1.00 e. The molecule has 0 saturated carbocycles. The molecule has 4 aliphatic rings. The van der Waals surface area contributed by atoms with E-state index in [1.807, 2.05) is 27.0 Å². The second-order valence-electron chi connectivity index (χ2n) is 17.3. The number of hydrazine groups is 1. The molecule has 4 N–H and O–H groups in total. The molecule has 7 rings (SSSR count). The van der Waals surface area contributed by atoms with Crippen molar-refractivity contribution >= 4 is 72.7 Å². The van der Waals surface area contributed by atoms with Gasteiger partial charge in [0.15, 0.2) is 5.78 Å². The van der Waals surface area contributed by atoms with Crippen LogP contribution in [0.25, 0.3) is 0 Å². The summed E-state index contributed by atoms with van der Waals surface area (Å²) in [4.78, 5) is 32.7. The van der Waals surface area contributed by atoms with Crippen LogP contribution in [0.15, 0.2) is 76.4 Å². The molecule has 3 saturated heterocycles. The summed E-state index contributed by atoms with van der Waals surface area (Å²) in [6.45, 7) is 14.5. The fourth-order valence-electron chi connectivity index (χ4n) is 7.75. The number of aromatic nitrogens is 2. The minimum absolute atomic E-state index is 0. The summed E-state index contributed by atoms with van der Waals surface area (Å²) in [6, 6.07) is 11.4. The van der Waals surface area contributed by atoms with Crippen LogP contribution in [0.5, 0.6) is 0 Å². The molecule has 0 aliphatic carbocycles. The van der Waals surface area contributed by atoms with E-state index in [9.17, 15) is 26.7 Å².